The van der Waals surface area contributed by atoms with Crippen LogP contribution in [0.4, 0.5) is 10.5 Å². The third-order valence-corrected chi connectivity index (χ3v) is 5.88. The molecule has 0 spiro atoms. The molecule has 0 radical (unpaired) electrons. The van der Waals surface area contributed by atoms with Crippen LogP contribution in [-0.2, 0) is 9.59 Å². The molecule has 4 amide bonds. The molecule has 26 heavy (non-hydrogen) atoms. The molecule has 6 heteroatoms. The van der Waals surface area contributed by atoms with E-state index in [-0.39, 0.29) is 42.2 Å². The van der Waals surface area contributed by atoms with Crippen molar-refractivity contribution in [2.75, 3.05) is 12.0 Å². The first kappa shape index (κ1) is 16.8. The van der Waals surface area contributed by atoms with Gasteiger partial charge in [-0.2, -0.15) is 0 Å². The minimum Gasteiger partial charge on any atom is -0.320 e. The number of nitrogens with one attached hydrogen (secondary N) is 2. The van der Waals surface area contributed by atoms with Gasteiger partial charge in [0.25, 0.3) is 0 Å². The predicted octanol–water partition coefficient (Wildman–Crippen LogP) is 2.58. The Morgan fingerprint density at radius 2 is 1.69 bits per heavy atom. The van der Waals surface area contributed by atoms with Gasteiger partial charge < -0.3 is 10.6 Å². The first-order valence-corrected chi connectivity index (χ1v) is 9.11. The maximum Gasteiger partial charge on any atom is 0.320 e. The molecule has 1 heterocycles. The van der Waals surface area contributed by atoms with Gasteiger partial charge in [-0.05, 0) is 50.2 Å². The van der Waals surface area contributed by atoms with E-state index in [0.717, 1.165) is 24.0 Å². The van der Waals surface area contributed by atoms with Crippen LogP contribution in [0.3, 0.4) is 0 Å². The van der Waals surface area contributed by atoms with Crippen LogP contribution in [0.2, 0.25) is 0 Å². The fourth-order valence-corrected chi connectivity index (χ4v) is 4.56. The van der Waals surface area contributed by atoms with Crippen LogP contribution in [0.25, 0.3) is 0 Å². The highest BCUT2D eigenvalue weighted by Gasteiger charge is 2.56. The number of imide groups is 1. The van der Waals surface area contributed by atoms with Crippen molar-refractivity contribution in [3.8, 4) is 0 Å². The summed E-state index contributed by atoms with van der Waals surface area (Å²) in [6, 6.07) is 5.32. The van der Waals surface area contributed by atoms with Gasteiger partial charge in [-0.3, -0.25) is 14.5 Å². The molecule has 3 aliphatic carbocycles. The van der Waals surface area contributed by atoms with Gasteiger partial charge in [0.1, 0.15) is 6.67 Å². The Balaban J connectivity index is 1.40. The maximum absolute atomic E-state index is 12.7. The fraction of sp³-hybridized carbons (Fsp3) is 0.450. The molecule has 1 saturated heterocycles. The van der Waals surface area contributed by atoms with E-state index < -0.39 is 6.03 Å². The van der Waals surface area contributed by atoms with Crippen LogP contribution in [0, 0.1) is 37.5 Å². The van der Waals surface area contributed by atoms with Crippen LogP contribution in [-0.4, -0.2) is 29.4 Å². The summed E-state index contributed by atoms with van der Waals surface area (Å²) in [6.45, 7) is 3.83. The third kappa shape index (κ3) is 2.69. The lowest BCUT2D eigenvalue weighted by Crippen LogP contribution is -2.43. The molecule has 1 aromatic carbocycles. The minimum atomic E-state index is -0.423. The largest absolute Gasteiger partial charge is 0.320 e. The first-order chi connectivity index (χ1) is 12.5. The number of allylic oxidation sites excluding steroid dienone is 2. The molecule has 136 valence electrons. The summed E-state index contributed by atoms with van der Waals surface area (Å²) in [5.41, 5.74) is 2.79. The molecule has 4 atom stereocenters. The van der Waals surface area contributed by atoms with Crippen molar-refractivity contribution in [3.05, 3.63) is 41.5 Å². The standard InChI is InChI=1S/C20H23N3O3/c1-11-3-8-15(12(2)9-11)22-20(26)21-10-23-18(24)16-13-4-5-14(7-6-13)17(16)19(23)25/h3-5,8-9,13-14,16-17H,6-7,10H2,1-2H3,(H2,21,22,26)/t13-,14-,16-,17+/m0/s1. The van der Waals surface area contributed by atoms with E-state index in [2.05, 4.69) is 22.8 Å². The zero-order chi connectivity index (χ0) is 18.4. The average molecular weight is 353 g/mol. The van der Waals surface area contributed by atoms with Gasteiger partial charge in [0, 0.05) is 5.69 Å². The number of hydrogen-bond donors (Lipinski definition) is 2. The Labute approximate surface area is 152 Å². The third-order valence-electron chi connectivity index (χ3n) is 5.88. The average Bonchev–Trinajstić information content (AvgIpc) is 2.90. The zero-order valence-corrected chi connectivity index (χ0v) is 15.0. The molecular weight excluding hydrogens is 330 g/mol. The van der Waals surface area contributed by atoms with Gasteiger partial charge in [-0.25, -0.2) is 4.79 Å². The number of benzene rings is 1. The zero-order valence-electron chi connectivity index (χ0n) is 15.0. The molecule has 2 N–H and O–H groups in total. The Morgan fingerprint density at radius 3 is 2.23 bits per heavy atom. The molecule has 0 unspecified atom stereocenters. The lowest BCUT2D eigenvalue weighted by atomic mass is 9.63. The van der Waals surface area contributed by atoms with E-state index in [1.54, 1.807) is 0 Å². The lowest BCUT2D eigenvalue weighted by Gasteiger charge is -2.38. The summed E-state index contributed by atoms with van der Waals surface area (Å²) in [5, 5.41) is 5.42. The highest BCUT2D eigenvalue weighted by Crippen LogP contribution is 2.49. The normalized spacial score (nSPS) is 29.1. The highest BCUT2D eigenvalue weighted by atomic mass is 16.2. The van der Waals surface area contributed by atoms with Crippen LogP contribution in [0.1, 0.15) is 24.0 Å². The van der Waals surface area contributed by atoms with Crippen LogP contribution in [0.15, 0.2) is 30.4 Å². The van der Waals surface area contributed by atoms with Crippen molar-refractivity contribution < 1.29 is 14.4 Å². The predicted molar refractivity (Wildman–Crippen MR) is 97.1 cm³/mol. The fourth-order valence-electron chi connectivity index (χ4n) is 4.56. The second-order valence-electron chi connectivity index (χ2n) is 7.55. The van der Waals surface area contributed by atoms with Gasteiger partial charge in [0.05, 0.1) is 11.8 Å². The van der Waals surface area contributed by atoms with Gasteiger partial charge in [-0.15, -0.1) is 0 Å². The van der Waals surface area contributed by atoms with Crippen molar-refractivity contribution in [2.45, 2.75) is 26.7 Å². The quantitative estimate of drug-likeness (QED) is 0.648. The van der Waals surface area contributed by atoms with E-state index in [0.29, 0.717) is 5.69 Å². The van der Waals surface area contributed by atoms with Crippen molar-refractivity contribution in [1.82, 2.24) is 10.2 Å². The molecule has 1 saturated carbocycles. The smallest absolute Gasteiger partial charge is 0.320 e. The monoisotopic (exact) mass is 353 g/mol. The summed E-state index contributed by atoms with van der Waals surface area (Å²) in [5.74, 6) is -0.450. The van der Waals surface area contributed by atoms with Crippen molar-refractivity contribution >= 4 is 23.5 Å². The highest BCUT2D eigenvalue weighted by molar-refractivity contribution is 6.06. The summed E-state index contributed by atoms with van der Waals surface area (Å²) in [6.07, 6.45) is 6.11. The Hall–Kier alpha value is -2.63. The Kier molecular flexibility index (Phi) is 4.05. The summed E-state index contributed by atoms with van der Waals surface area (Å²) >= 11 is 0. The van der Waals surface area contributed by atoms with E-state index in [1.807, 2.05) is 32.0 Å². The number of aryl methyl sites for hydroxylation is 2. The second kappa shape index (κ2) is 6.27. The van der Waals surface area contributed by atoms with Gasteiger partial charge in [0.15, 0.2) is 0 Å². The number of likely N-dealkylation sites (tertiary alicyclic amines) is 1. The molecular formula is C20H23N3O3. The number of anilines is 1. The molecule has 1 aliphatic heterocycles. The summed E-state index contributed by atoms with van der Waals surface area (Å²) in [4.78, 5) is 38.8. The molecule has 2 fully saturated rings. The van der Waals surface area contributed by atoms with Gasteiger partial charge >= 0.3 is 6.03 Å². The topological polar surface area (TPSA) is 78.5 Å². The molecule has 2 bridgehead atoms. The number of nitrogens with zero attached hydrogens (tertiary/aromatic N) is 1. The SMILES string of the molecule is Cc1ccc(NC(=O)NCN2C(=O)[C@@H]3[C@H](C2=O)[C@H]2C=C[C@H]3CC2)c(C)c1. The number of amides is 4. The van der Waals surface area contributed by atoms with Crippen molar-refractivity contribution in [1.29, 1.82) is 0 Å². The maximum atomic E-state index is 12.7. The minimum absolute atomic E-state index is 0.0825. The van der Waals surface area contributed by atoms with Crippen LogP contribution < -0.4 is 10.6 Å². The second-order valence-corrected chi connectivity index (χ2v) is 7.55. The molecule has 6 nitrogen and oxygen atoms in total. The molecule has 0 aromatic heterocycles. The van der Waals surface area contributed by atoms with E-state index >= 15 is 0 Å². The Morgan fingerprint density at radius 1 is 1.08 bits per heavy atom. The van der Waals surface area contributed by atoms with Crippen LogP contribution >= 0.6 is 0 Å². The number of carbonyl (C=O) groups excluding carboxylic acids is 3. The molecule has 5 rings (SSSR count). The van der Waals surface area contributed by atoms with Gasteiger partial charge in [-0.1, -0.05) is 29.8 Å². The van der Waals surface area contributed by atoms with Crippen LogP contribution in [0.5, 0.6) is 0 Å². The first-order valence-electron chi connectivity index (χ1n) is 9.11. The van der Waals surface area contributed by atoms with E-state index in [9.17, 15) is 14.4 Å². The Bertz CT molecular complexity index is 785. The molecule has 4 aliphatic rings. The summed E-state index contributed by atoms with van der Waals surface area (Å²) < 4.78 is 0. The van der Waals surface area contributed by atoms with Crippen molar-refractivity contribution in [3.63, 3.8) is 0 Å². The number of urea groups is 1. The lowest BCUT2D eigenvalue weighted by molar-refractivity contribution is -0.140. The van der Waals surface area contributed by atoms with Gasteiger partial charge in [0.2, 0.25) is 11.8 Å². The summed E-state index contributed by atoms with van der Waals surface area (Å²) in [7, 11) is 0. The number of carbonyl (C=O) groups is 3. The number of fused-ring (bicyclic) bond motifs is 1. The van der Waals surface area contributed by atoms with E-state index in [1.165, 1.54) is 4.90 Å². The van der Waals surface area contributed by atoms with Crippen molar-refractivity contribution in [2.24, 2.45) is 23.7 Å². The number of rotatable bonds is 3. The number of hydrogen-bond acceptors (Lipinski definition) is 3. The molecule has 1 aromatic rings. The van der Waals surface area contributed by atoms with E-state index in [4.69, 9.17) is 0 Å².